The van der Waals surface area contributed by atoms with Gasteiger partial charge in [0.05, 0.1) is 17.2 Å². The minimum Gasteiger partial charge on any atom is -0.456 e. The van der Waals surface area contributed by atoms with Crippen LogP contribution in [-0.4, -0.2) is 0 Å². The smallest absolute Gasteiger partial charge is 0.213 e. The predicted octanol–water partition coefficient (Wildman–Crippen LogP) is 4.26. The minimum absolute atomic E-state index is 0.644. The minimum atomic E-state index is 0.644. The van der Waals surface area contributed by atoms with Crippen LogP contribution in [0.15, 0.2) is 59.1 Å². The van der Waals surface area contributed by atoms with Crippen LogP contribution in [0.25, 0.3) is 33.2 Å². The molecule has 2 heterocycles. The number of aromatic nitrogens is 1. The number of aryl methyl sites for hydroxylation is 2. The van der Waals surface area contributed by atoms with Crippen LogP contribution in [0.2, 0.25) is 0 Å². The molecule has 0 radical (unpaired) electrons. The lowest BCUT2D eigenvalue weighted by molar-refractivity contribution is -0.660. The summed E-state index contributed by atoms with van der Waals surface area (Å²) in [4.78, 5) is 0. The summed E-state index contributed by atoms with van der Waals surface area (Å²) in [5.41, 5.74) is 5.76. The highest BCUT2D eigenvalue weighted by atomic mass is 16.3. The topological polar surface area (TPSA) is 40.8 Å². The summed E-state index contributed by atoms with van der Waals surface area (Å²) in [7, 11) is 2.04. The Balaban J connectivity index is 2.21. The van der Waals surface area contributed by atoms with Gasteiger partial charge in [0.15, 0.2) is 6.20 Å². The van der Waals surface area contributed by atoms with E-state index >= 15 is 0 Å². The molecule has 0 aliphatic rings. The van der Waals surface area contributed by atoms with Gasteiger partial charge in [0, 0.05) is 22.9 Å². The largest absolute Gasteiger partial charge is 0.456 e. The Bertz CT molecular complexity index is 1100. The molecular formula is C20H15N2O+. The zero-order chi connectivity index (χ0) is 16.0. The highest BCUT2D eigenvalue weighted by Crippen LogP contribution is 2.37. The number of rotatable bonds is 1. The Morgan fingerprint density at radius 1 is 1.04 bits per heavy atom. The van der Waals surface area contributed by atoms with Crippen LogP contribution in [0, 0.1) is 18.3 Å². The van der Waals surface area contributed by atoms with Gasteiger partial charge in [-0.2, -0.15) is 5.26 Å². The maximum Gasteiger partial charge on any atom is 0.213 e. The molecule has 0 amide bonds. The Labute approximate surface area is 134 Å². The molecule has 23 heavy (non-hydrogen) atoms. The third-order valence-electron chi connectivity index (χ3n) is 4.28. The van der Waals surface area contributed by atoms with Gasteiger partial charge >= 0.3 is 0 Å². The summed E-state index contributed by atoms with van der Waals surface area (Å²) in [6.07, 6.45) is 2.04. The van der Waals surface area contributed by atoms with Crippen LogP contribution in [-0.2, 0) is 7.05 Å². The van der Waals surface area contributed by atoms with Crippen molar-refractivity contribution in [3.05, 3.63) is 65.9 Å². The van der Waals surface area contributed by atoms with Crippen LogP contribution in [0.3, 0.4) is 0 Å². The van der Waals surface area contributed by atoms with E-state index < -0.39 is 0 Å². The van der Waals surface area contributed by atoms with Crippen LogP contribution in [0.1, 0.15) is 11.1 Å². The fourth-order valence-electron chi connectivity index (χ4n) is 3.16. The summed E-state index contributed by atoms with van der Waals surface area (Å²) >= 11 is 0. The highest BCUT2D eigenvalue weighted by Gasteiger charge is 2.20. The maximum absolute atomic E-state index is 9.21. The lowest BCUT2D eigenvalue weighted by Crippen LogP contribution is -2.30. The van der Waals surface area contributed by atoms with Crippen molar-refractivity contribution in [2.45, 2.75) is 6.92 Å². The van der Waals surface area contributed by atoms with E-state index in [0.29, 0.717) is 5.56 Å². The Kier molecular flexibility index (Phi) is 2.92. The van der Waals surface area contributed by atoms with Crippen molar-refractivity contribution < 1.29 is 8.98 Å². The van der Waals surface area contributed by atoms with E-state index in [0.717, 1.165) is 33.2 Å². The molecule has 0 saturated heterocycles. The lowest BCUT2D eigenvalue weighted by Gasteiger charge is -2.06. The van der Waals surface area contributed by atoms with E-state index in [1.807, 2.05) is 43.6 Å². The summed E-state index contributed by atoms with van der Waals surface area (Å²) in [5.74, 6) is 0. The van der Waals surface area contributed by atoms with Gasteiger partial charge in [-0.15, -0.1) is 0 Å². The van der Waals surface area contributed by atoms with Crippen molar-refractivity contribution in [2.75, 3.05) is 0 Å². The number of furan rings is 1. The van der Waals surface area contributed by atoms with Crippen molar-refractivity contribution in [2.24, 2.45) is 7.05 Å². The molecule has 0 bridgehead atoms. The predicted molar refractivity (Wildman–Crippen MR) is 89.8 cm³/mol. The summed E-state index contributed by atoms with van der Waals surface area (Å²) in [5, 5.41) is 11.3. The van der Waals surface area contributed by atoms with Crippen molar-refractivity contribution in [3.8, 4) is 17.3 Å². The number of hydrogen-bond donors (Lipinski definition) is 0. The molecule has 0 fully saturated rings. The summed E-state index contributed by atoms with van der Waals surface area (Å²) in [6, 6.07) is 18.0. The number of fused-ring (bicyclic) bond motifs is 3. The molecule has 0 spiro atoms. The van der Waals surface area contributed by atoms with Crippen LogP contribution in [0.5, 0.6) is 0 Å². The van der Waals surface area contributed by atoms with E-state index in [1.54, 1.807) is 6.07 Å². The molecule has 3 nitrogen and oxygen atoms in total. The molecule has 4 rings (SSSR count). The summed E-state index contributed by atoms with van der Waals surface area (Å²) < 4.78 is 8.10. The Morgan fingerprint density at radius 2 is 1.87 bits per heavy atom. The molecule has 3 heteroatoms. The number of pyridine rings is 1. The maximum atomic E-state index is 9.21. The second kappa shape index (κ2) is 4.96. The molecule has 2 aromatic heterocycles. The number of hydrogen-bond acceptors (Lipinski definition) is 2. The molecule has 110 valence electrons. The van der Waals surface area contributed by atoms with E-state index in [-0.39, 0.29) is 0 Å². The monoisotopic (exact) mass is 299 g/mol. The Hall–Kier alpha value is -3.12. The number of nitriles is 1. The second-order valence-corrected chi connectivity index (χ2v) is 5.75. The molecule has 2 aromatic carbocycles. The lowest BCUT2D eigenvalue weighted by atomic mass is 9.97. The number of benzene rings is 2. The normalized spacial score (nSPS) is 11.0. The van der Waals surface area contributed by atoms with Crippen molar-refractivity contribution in [1.29, 1.82) is 5.26 Å². The van der Waals surface area contributed by atoms with Crippen molar-refractivity contribution in [1.82, 2.24) is 0 Å². The Morgan fingerprint density at radius 3 is 2.65 bits per heavy atom. The quantitative estimate of drug-likeness (QED) is 0.493. The second-order valence-electron chi connectivity index (χ2n) is 5.75. The average Bonchev–Trinajstić information content (AvgIpc) is 2.93. The van der Waals surface area contributed by atoms with E-state index in [2.05, 4.69) is 29.7 Å². The van der Waals surface area contributed by atoms with Gasteiger partial charge in [0.2, 0.25) is 5.69 Å². The molecule has 0 unspecified atom stereocenters. The van der Waals surface area contributed by atoms with Gasteiger partial charge in [-0.05, 0) is 42.8 Å². The van der Waals surface area contributed by atoms with Crippen LogP contribution < -0.4 is 4.57 Å². The first-order valence-electron chi connectivity index (χ1n) is 7.50. The SMILES string of the molecule is Cc1ccc2oc3ccc(C#N)cc3c2c1-c1cccc[n+]1C. The van der Waals surface area contributed by atoms with Gasteiger partial charge in [-0.1, -0.05) is 6.07 Å². The fourth-order valence-corrected chi connectivity index (χ4v) is 3.16. The van der Waals surface area contributed by atoms with Crippen LogP contribution in [0.4, 0.5) is 0 Å². The molecule has 4 aromatic rings. The molecule has 0 aliphatic carbocycles. The summed E-state index contributed by atoms with van der Waals surface area (Å²) in [6.45, 7) is 2.11. The van der Waals surface area contributed by atoms with Gasteiger partial charge in [-0.3, -0.25) is 0 Å². The van der Waals surface area contributed by atoms with Gasteiger partial charge in [0.25, 0.3) is 0 Å². The van der Waals surface area contributed by atoms with Crippen LogP contribution >= 0.6 is 0 Å². The zero-order valence-corrected chi connectivity index (χ0v) is 13.0. The van der Waals surface area contributed by atoms with Crippen molar-refractivity contribution in [3.63, 3.8) is 0 Å². The first kappa shape index (κ1) is 13.5. The third-order valence-corrected chi connectivity index (χ3v) is 4.28. The van der Waals surface area contributed by atoms with Gasteiger partial charge in [-0.25, -0.2) is 4.57 Å². The first-order valence-corrected chi connectivity index (χ1v) is 7.50. The van der Waals surface area contributed by atoms with Gasteiger partial charge < -0.3 is 4.42 Å². The molecule has 0 atom stereocenters. The zero-order valence-electron chi connectivity index (χ0n) is 13.0. The third kappa shape index (κ3) is 2.00. The first-order chi connectivity index (χ1) is 11.2. The number of nitrogens with zero attached hydrogens (tertiary/aromatic N) is 2. The molecule has 0 saturated carbocycles. The molecule has 0 N–H and O–H groups in total. The highest BCUT2D eigenvalue weighted by molar-refractivity contribution is 6.12. The standard InChI is InChI=1S/C20H15N2O/c1-13-6-8-18-20(19(13)16-5-3-4-10-22(16)2)15-11-14(12-21)7-9-17(15)23-18/h3-11H,1-2H3/q+1. The van der Waals surface area contributed by atoms with Gasteiger partial charge in [0.1, 0.15) is 18.2 Å². The van der Waals surface area contributed by atoms with E-state index in [4.69, 9.17) is 4.42 Å². The van der Waals surface area contributed by atoms with Crippen molar-refractivity contribution >= 4 is 21.9 Å². The average molecular weight is 299 g/mol. The molecule has 0 aliphatic heterocycles. The van der Waals surface area contributed by atoms with E-state index in [9.17, 15) is 5.26 Å². The molecular weight excluding hydrogens is 284 g/mol. The van der Waals surface area contributed by atoms with E-state index in [1.165, 1.54) is 5.56 Å². The fraction of sp³-hybridized carbons (Fsp3) is 0.100.